The highest BCUT2D eigenvalue weighted by atomic mass is 32.2. The summed E-state index contributed by atoms with van der Waals surface area (Å²) in [4.78, 5) is 12.7. The molecule has 0 fully saturated rings. The largest absolute Gasteiger partial charge is 0.508 e. The Morgan fingerprint density at radius 1 is 1.04 bits per heavy atom. The fourth-order valence-corrected chi connectivity index (χ4v) is 3.93. The first kappa shape index (κ1) is 16.5. The lowest BCUT2D eigenvalue weighted by Crippen LogP contribution is -2.44. The maximum Gasteiger partial charge on any atom is 0.206 e. The van der Waals surface area contributed by atoms with Crippen LogP contribution in [0.4, 0.5) is 0 Å². The summed E-state index contributed by atoms with van der Waals surface area (Å²) in [6, 6.07) is 9.59. The van der Waals surface area contributed by atoms with Crippen LogP contribution in [0, 0.1) is 5.92 Å². The quantitative estimate of drug-likeness (QED) is 0.903. The van der Waals surface area contributed by atoms with Gasteiger partial charge >= 0.3 is 0 Å². The lowest BCUT2D eigenvalue weighted by atomic mass is 9.83. The number of aromatic hydroxyl groups is 1. The average molecular weight is 346 g/mol. The maximum absolute atomic E-state index is 12.7. The van der Waals surface area contributed by atoms with Gasteiger partial charge < -0.3 is 9.84 Å². The van der Waals surface area contributed by atoms with E-state index in [1.807, 2.05) is 13.8 Å². The summed E-state index contributed by atoms with van der Waals surface area (Å²) in [5, 5.41) is 9.31. The fourth-order valence-electron chi connectivity index (χ4n) is 2.64. The number of carbonyl (C=O) groups excluding carboxylic acids is 1. The van der Waals surface area contributed by atoms with Gasteiger partial charge in [0.1, 0.15) is 17.1 Å². The molecule has 0 aliphatic carbocycles. The molecule has 1 atom stereocenters. The summed E-state index contributed by atoms with van der Waals surface area (Å²) in [6.45, 7) is 5.44. The van der Waals surface area contributed by atoms with Crippen molar-refractivity contribution in [2.75, 3.05) is 0 Å². The zero-order valence-corrected chi connectivity index (χ0v) is 14.4. The van der Waals surface area contributed by atoms with Crippen LogP contribution in [0.3, 0.4) is 0 Å². The van der Waals surface area contributed by atoms with Gasteiger partial charge in [-0.15, -0.1) is 0 Å². The number of sulfone groups is 1. The number of hydrogen-bond donors (Lipinski definition) is 1. The fraction of sp³-hybridized carbons (Fsp3) is 0.278. The van der Waals surface area contributed by atoms with Crippen LogP contribution in [0.1, 0.15) is 31.1 Å². The van der Waals surface area contributed by atoms with E-state index in [4.69, 9.17) is 4.74 Å². The van der Waals surface area contributed by atoms with E-state index < -0.39 is 15.4 Å². The van der Waals surface area contributed by atoms with Crippen LogP contribution in [0.15, 0.2) is 52.3 Å². The molecule has 2 aromatic carbocycles. The van der Waals surface area contributed by atoms with E-state index in [-0.39, 0.29) is 32.8 Å². The summed E-state index contributed by atoms with van der Waals surface area (Å²) in [5.41, 5.74) is -0.358. The third-order valence-corrected chi connectivity index (χ3v) is 6.25. The predicted molar refractivity (Wildman–Crippen MR) is 88.2 cm³/mol. The van der Waals surface area contributed by atoms with Gasteiger partial charge in [0.25, 0.3) is 0 Å². The number of phenolic OH excluding ortho intramolecular Hbond substituents is 1. The molecular formula is C18H18O5S. The molecule has 126 valence electrons. The Balaban J connectivity index is 2.09. The molecule has 5 nitrogen and oxygen atoms in total. The minimum atomic E-state index is -3.78. The van der Waals surface area contributed by atoms with Crippen molar-refractivity contribution in [2.24, 2.45) is 5.92 Å². The Kier molecular flexibility index (Phi) is 3.68. The topological polar surface area (TPSA) is 80.7 Å². The lowest BCUT2D eigenvalue weighted by molar-refractivity contribution is 0.0318. The van der Waals surface area contributed by atoms with Crippen LogP contribution in [0.2, 0.25) is 0 Å². The van der Waals surface area contributed by atoms with E-state index in [1.165, 1.54) is 42.5 Å². The molecular weight excluding hydrogens is 328 g/mol. The molecule has 0 amide bonds. The standard InChI is InChI=1S/C18H18O5S/c1-11-17(20)15-10-14(8-9-16(15)23-18(11,2)3)24(21,22)13-6-4-12(19)5-7-13/h4-11,19H,1-3H3. The number of fused-ring (bicyclic) bond motifs is 1. The van der Waals surface area contributed by atoms with Crippen molar-refractivity contribution in [3.8, 4) is 11.5 Å². The van der Waals surface area contributed by atoms with Crippen molar-refractivity contribution in [3.05, 3.63) is 48.0 Å². The number of Topliss-reactive ketones (excluding diaryl/α,β-unsaturated/α-hetero) is 1. The molecule has 0 bridgehead atoms. The van der Waals surface area contributed by atoms with Crippen molar-refractivity contribution < 1.29 is 23.1 Å². The third kappa shape index (κ3) is 2.57. The molecule has 1 aliphatic rings. The molecule has 0 spiro atoms. The highest BCUT2D eigenvalue weighted by molar-refractivity contribution is 7.91. The Labute approximate surface area is 140 Å². The first-order valence-electron chi connectivity index (χ1n) is 7.54. The molecule has 1 aliphatic heterocycles. The highest BCUT2D eigenvalue weighted by Crippen LogP contribution is 2.38. The molecule has 2 aromatic rings. The number of ether oxygens (including phenoxy) is 1. The van der Waals surface area contributed by atoms with Gasteiger partial charge in [-0.25, -0.2) is 8.42 Å². The summed E-state index contributed by atoms with van der Waals surface area (Å²) in [7, 11) is -3.78. The molecule has 1 unspecified atom stereocenters. The van der Waals surface area contributed by atoms with Gasteiger partial charge in [0.15, 0.2) is 5.78 Å². The van der Waals surface area contributed by atoms with Crippen molar-refractivity contribution in [3.63, 3.8) is 0 Å². The number of phenols is 1. The molecule has 0 saturated heterocycles. The number of ketones is 1. The van der Waals surface area contributed by atoms with Gasteiger partial charge in [-0.2, -0.15) is 0 Å². The second-order valence-corrected chi connectivity index (χ2v) is 8.40. The molecule has 6 heteroatoms. The molecule has 1 heterocycles. The predicted octanol–water partition coefficient (Wildman–Crippen LogP) is 3.21. The Bertz CT molecular complexity index is 911. The van der Waals surface area contributed by atoms with Gasteiger partial charge in [-0.1, -0.05) is 6.92 Å². The molecule has 0 saturated carbocycles. The summed E-state index contributed by atoms with van der Waals surface area (Å²) >= 11 is 0. The SMILES string of the molecule is CC1C(=O)c2cc(S(=O)(=O)c3ccc(O)cc3)ccc2OC1(C)C. The maximum atomic E-state index is 12.7. The summed E-state index contributed by atoms with van der Waals surface area (Å²) in [6.07, 6.45) is 0. The minimum Gasteiger partial charge on any atom is -0.508 e. The van der Waals surface area contributed by atoms with Crippen molar-refractivity contribution in [1.82, 2.24) is 0 Å². The zero-order valence-electron chi connectivity index (χ0n) is 13.6. The van der Waals surface area contributed by atoms with Crippen LogP contribution in [-0.4, -0.2) is 24.9 Å². The number of benzene rings is 2. The molecule has 0 aromatic heterocycles. The van der Waals surface area contributed by atoms with Crippen LogP contribution in [0.5, 0.6) is 11.5 Å². The third-order valence-electron chi connectivity index (χ3n) is 4.48. The summed E-state index contributed by atoms with van der Waals surface area (Å²) < 4.78 is 31.3. The Hall–Kier alpha value is -2.34. The van der Waals surface area contributed by atoms with E-state index in [0.29, 0.717) is 5.75 Å². The number of carbonyl (C=O) groups is 1. The second-order valence-electron chi connectivity index (χ2n) is 6.45. The van der Waals surface area contributed by atoms with E-state index in [1.54, 1.807) is 6.92 Å². The van der Waals surface area contributed by atoms with Gasteiger partial charge in [0.05, 0.1) is 21.3 Å². The summed E-state index contributed by atoms with van der Waals surface area (Å²) in [5.74, 6) is -0.132. The average Bonchev–Trinajstić information content (AvgIpc) is 2.52. The normalized spacial score (nSPS) is 19.5. The Morgan fingerprint density at radius 3 is 2.25 bits per heavy atom. The van der Waals surface area contributed by atoms with Gasteiger partial charge in [-0.05, 0) is 56.3 Å². The minimum absolute atomic E-state index is 0.0148. The van der Waals surface area contributed by atoms with Crippen LogP contribution in [0.25, 0.3) is 0 Å². The highest BCUT2D eigenvalue weighted by Gasteiger charge is 2.40. The monoisotopic (exact) mass is 346 g/mol. The van der Waals surface area contributed by atoms with Crippen molar-refractivity contribution in [1.29, 1.82) is 0 Å². The smallest absolute Gasteiger partial charge is 0.206 e. The van der Waals surface area contributed by atoms with E-state index in [0.717, 1.165) is 0 Å². The first-order valence-corrected chi connectivity index (χ1v) is 9.02. The van der Waals surface area contributed by atoms with Gasteiger partial charge in [0, 0.05) is 0 Å². The molecule has 1 N–H and O–H groups in total. The van der Waals surface area contributed by atoms with E-state index >= 15 is 0 Å². The molecule has 3 rings (SSSR count). The van der Waals surface area contributed by atoms with E-state index in [2.05, 4.69) is 0 Å². The zero-order chi connectivity index (χ0) is 17.7. The number of rotatable bonds is 2. The van der Waals surface area contributed by atoms with Gasteiger partial charge in [-0.3, -0.25) is 4.79 Å². The second kappa shape index (κ2) is 5.34. The number of hydrogen-bond acceptors (Lipinski definition) is 5. The lowest BCUT2D eigenvalue weighted by Gasteiger charge is -2.37. The Morgan fingerprint density at radius 2 is 1.62 bits per heavy atom. The van der Waals surface area contributed by atoms with Crippen molar-refractivity contribution >= 4 is 15.6 Å². The van der Waals surface area contributed by atoms with Gasteiger partial charge in [0.2, 0.25) is 9.84 Å². The first-order chi connectivity index (χ1) is 11.1. The molecule has 24 heavy (non-hydrogen) atoms. The molecule has 0 radical (unpaired) electrons. The van der Waals surface area contributed by atoms with Crippen molar-refractivity contribution in [2.45, 2.75) is 36.2 Å². The van der Waals surface area contributed by atoms with Crippen LogP contribution < -0.4 is 4.74 Å². The van der Waals surface area contributed by atoms with E-state index in [9.17, 15) is 18.3 Å². The van der Waals surface area contributed by atoms with Crippen LogP contribution >= 0.6 is 0 Å². The van der Waals surface area contributed by atoms with Crippen LogP contribution in [-0.2, 0) is 9.84 Å².